The fraction of sp³-hybridized carbons (Fsp3) is 0.909. The zero-order valence-electron chi connectivity index (χ0n) is 9.66. The average Bonchev–Trinajstić information content (AvgIpc) is 2.18. The third-order valence-corrected chi connectivity index (χ3v) is 3.05. The van der Waals surface area contributed by atoms with Crippen molar-refractivity contribution in [1.82, 2.24) is 5.32 Å². The van der Waals surface area contributed by atoms with E-state index in [4.69, 9.17) is 10.5 Å². The first-order valence-corrected chi connectivity index (χ1v) is 5.69. The predicted molar refractivity (Wildman–Crippen MR) is 59.4 cm³/mol. The zero-order valence-corrected chi connectivity index (χ0v) is 9.66. The molecule has 4 heteroatoms. The van der Waals surface area contributed by atoms with Crippen molar-refractivity contribution in [3.63, 3.8) is 0 Å². The molecule has 0 aromatic carbocycles. The maximum atomic E-state index is 11.3. The number of carbonyl (C=O) groups is 1. The Bertz CT molecular complexity index is 209. The summed E-state index contributed by atoms with van der Waals surface area (Å²) in [6.45, 7) is 2.73. The Kier molecular flexibility index (Phi) is 5.05. The number of primary amides is 1. The Balaban J connectivity index is 2.45. The summed E-state index contributed by atoms with van der Waals surface area (Å²) in [4.78, 5) is 11.3. The highest BCUT2D eigenvalue weighted by Crippen LogP contribution is 2.24. The van der Waals surface area contributed by atoms with Gasteiger partial charge in [0.1, 0.15) is 0 Å². The highest BCUT2D eigenvalue weighted by atomic mass is 16.5. The number of ether oxygens (including phenoxy) is 1. The molecule has 3 N–H and O–H groups in total. The van der Waals surface area contributed by atoms with Crippen molar-refractivity contribution < 1.29 is 9.53 Å². The monoisotopic (exact) mass is 214 g/mol. The van der Waals surface area contributed by atoms with E-state index in [1.807, 2.05) is 0 Å². The molecule has 0 aromatic heterocycles. The molecule has 0 heterocycles. The van der Waals surface area contributed by atoms with Gasteiger partial charge in [0.15, 0.2) is 0 Å². The first-order chi connectivity index (χ1) is 7.15. The Hall–Kier alpha value is -0.610. The number of amides is 1. The van der Waals surface area contributed by atoms with Gasteiger partial charge < -0.3 is 15.8 Å². The molecule has 0 saturated heterocycles. The minimum atomic E-state index is -0.170. The smallest absolute Gasteiger partial charge is 0.222 e. The van der Waals surface area contributed by atoms with Gasteiger partial charge in [0, 0.05) is 19.2 Å². The molecule has 1 aliphatic carbocycles. The number of hydrogen-bond acceptors (Lipinski definition) is 3. The molecular formula is C11H22N2O2. The predicted octanol–water partition coefficient (Wildman–Crippen LogP) is 0.655. The maximum absolute atomic E-state index is 11.3. The minimum absolute atomic E-state index is 0.00180. The standard InChI is InChI=1S/C11H22N2O2/c1-8(7-15-2)13-10-6-4-3-5-9(10)11(12)14/h8-10,13H,3-7H2,1-2H3,(H2,12,14)/t8-,9+,10+/m0/s1. The lowest BCUT2D eigenvalue weighted by Crippen LogP contribution is -2.48. The summed E-state index contributed by atoms with van der Waals surface area (Å²) in [7, 11) is 1.69. The molecular weight excluding hydrogens is 192 g/mol. The van der Waals surface area contributed by atoms with Gasteiger partial charge >= 0.3 is 0 Å². The van der Waals surface area contributed by atoms with E-state index in [0.717, 1.165) is 19.3 Å². The number of carbonyl (C=O) groups excluding carboxylic acids is 1. The van der Waals surface area contributed by atoms with Crippen LogP contribution in [0.25, 0.3) is 0 Å². The van der Waals surface area contributed by atoms with Crippen LogP contribution >= 0.6 is 0 Å². The van der Waals surface area contributed by atoms with Crippen LogP contribution < -0.4 is 11.1 Å². The minimum Gasteiger partial charge on any atom is -0.383 e. The van der Waals surface area contributed by atoms with E-state index in [0.29, 0.717) is 6.61 Å². The van der Waals surface area contributed by atoms with Gasteiger partial charge in [0.2, 0.25) is 5.91 Å². The topological polar surface area (TPSA) is 64.3 Å². The second-order valence-electron chi connectivity index (χ2n) is 4.42. The third kappa shape index (κ3) is 3.80. The van der Waals surface area contributed by atoms with Crippen LogP contribution in [0.15, 0.2) is 0 Å². The molecule has 3 atom stereocenters. The van der Waals surface area contributed by atoms with E-state index < -0.39 is 0 Å². The van der Waals surface area contributed by atoms with Crippen molar-refractivity contribution in [2.45, 2.75) is 44.7 Å². The molecule has 15 heavy (non-hydrogen) atoms. The molecule has 1 saturated carbocycles. The number of rotatable bonds is 5. The van der Waals surface area contributed by atoms with E-state index in [-0.39, 0.29) is 23.9 Å². The second-order valence-corrected chi connectivity index (χ2v) is 4.42. The van der Waals surface area contributed by atoms with Crippen molar-refractivity contribution in [3.8, 4) is 0 Å². The van der Waals surface area contributed by atoms with Gasteiger partial charge in [-0.2, -0.15) is 0 Å². The summed E-state index contributed by atoms with van der Waals surface area (Å²) in [5.74, 6) is -0.171. The van der Waals surface area contributed by atoms with Crippen LogP contribution in [-0.2, 0) is 9.53 Å². The molecule has 4 nitrogen and oxygen atoms in total. The number of nitrogens with two attached hydrogens (primary N) is 1. The summed E-state index contributed by atoms with van der Waals surface area (Å²) in [5, 5.41) is 3.43. The van der Waals surface area contributed by atoms with E-state index in [9.17, 15) is 4.79 Å². The molecule has 0 unspecified atom stereocenters. The van der Waals surface area contributed by atoms with Crippen LogP contribution in [0.1, 0.15) is 32.6 Å². The van der Waals surface area contributed by atoms with Gasteiger partial charge in [0.25, 0.3) is 0 Å². The molecule has 0 aromatic rings. The van der Waals surface area contributed by atoms with Crippen LogP contribution in [-0.4, -0.2) is 31.7 Å². The number of methoxy groups -OCH3 is 1. The SMILES string of the molecule is COC[C@H](C)N[C@@H]1CCCC[C@H]1C(N)=O. The fourth-order valence-electron chi connectivity index (χ4n) is 2.33. The summed E-state index contributed by atoms with van der Waals surface area (Å²) < 4.78 is 5.06. The normalized spacial score (nSPS) is 28.7. The van der Waals surface area contributed by atoms with Crippen molar-refractivity contribution in [2.24, 2.45) is 11.7 Å². The van der Waals surface area contributed by atoms with Crippen LogP contribution in [0.5, 0.6) is 0 Å². The number of nitrogens with one attached hydrogen (secondary N) is 1. The van der Waals surface area contributed by atoms with Crippen LogP contribution in [0, 0.1) is 5.92 Å². The molecule has 1 rings (SSSR count). The molecule has 88 valence electrons. The van der Waals surface area contributed by atoms with Crippen molar-refractivity contribution in [3.05, 3.63) is 0 Å². The largest absolute Gasteiger partial charge is 0.383 e. The zero-order chi connectivity index (χ0) is 11.3. The summed E-state index contributed by atoms with van der Waals surface area (Å²) in [6, 6.07) is 0.515. The van der Waals surface area contributed by atoms with Gasteiger partial charge in [-0.3, -0.25) is 4.79 Å². The van der Waals surface area contributed by atoms with Crippen LogP contribution in [0.4, 0.5) is 0 Å². The highest BCUT2D eigenvalue weighted by molar-refractivity contribution is 5.77. The Labute approximate surface area is 91.5 Å². The fourth-order valence-corrected chi connectivity index (χ4v) is 2.33. The lowest BCUT2D eigenvalue weighted by Gasteiger charge is -2.32. The summed E-state index contributed by atoms with van der Waals surface area (Å²) in [5.41, 5.74) is 5.40. The van der Waals surface area contributed by atoms with Gasteiger partial charge in [-0.05, 0) is 19.8 Å². The number of hydrogen-bond donors (Lipinski definition) is 2. The van der Waals surface area contributed by atoms with Gasteiger partial charge in [0.05, 0.1) is 12.5 Å². The van der Waals surface area contributed by atoms with Crippen molar-refractivity contribution in [2.75, 3.05) is 13.7 Å². The second kappa shape index (κ2) is 6.08. The molecule has 1 amide bonds. The highest BCUT2D eigenvalue weighted by Gasteiger charge is 2.29. The van der Waals surface area contributed by atoms with Gasteiger partial charge in [-0.25, -0.2) is 0 Å². The van der Waals surface area contributed by atoms with E-state index in [2.05, 4.69) is 12.2 Å². The van der Waals surface area contributed by atoms with Crippen LogP contribution in [0.3, 0.4) is 0 Å². The van der Waals surface area contributed by atoms with Gasteiger partial charge in [-0.15, -0.1) is 0 Å². The lowest BCUT2D eigenvalue weighted by atomic mass is 9.83. The Morgan fingerprint density at radius 2 is 2.20 bits per heavy atom. The maximum Gasteiger partial charge on any atom is 0.222 e. The molecule has 0 aliphatic heterocycles. The quantitative estimate of drug-likeness (QED) is 0.706. The Morgan fingerprint density at radius 3 is 2.80 bits per heavy atom. The van der Waals surface area contributed by atoms with Crippen molar-refractivity contribution >= 4 is 5.91 Å². The molecule has 1 aliphatic rings. The van der Waals surface area contributed by atoms with Gasteiger partial charge in [-0.1, -0.05) is 12.8 Å². The lowest BCUT2D eigenvalue weighted by molar-refractivity contribution is -0.123. The molecule has 0 spiro atoms. The van der Waals surface area contributed by atoms with Crippen molar-refractivity contribution in [1.29, 1.82) is 0 Å². The third-order valence-electron chi connectivity index (χ3n) is 3.05. The summed E-state index contributed by atoms with van der Waals surface area (Å²) >= 11 is 0. The first kappa shape index (κ1) is 12.5. The molecule has 0 radical (unpaired) electrons. The van der Waals surface area contributed by atoms with E-state index in [1.165, 1.54) is 6.42 Å². The summed E-state index contributed by atoms with van der Waals surface area (Å²) in [6.07, 6.45) is 4.26. The van der Waals surface area contributed by atoms with E-state index >= 15 is 0 Å². The first-order valence-electron chi connectivity index (χ1n) is 5.69. The van der Waals surface area contributed by atoms with Crippen LogP contribution in [0.2, 0.25) is 0 Å². The average molecular weight is 214 g/mol. The molecule has 1 fully saturated rings. The Morgan fingerprint density at radius 1 is 1.53 bits per heavy atom. The van der Waals surface area contributed by atoms with E-state index in [1.54, 1.807) is 7.11 Å². The molecule has 0 bridgehead atoms.